The molecule has 0 aliphatic carbocycles. The van der Waals surface area contributed by atoms with E-state index in [1.807, 2.05) is 12.5 Å². The Morgan fingerprint density at radius 1 is 1.44 bits per heavy atom. The molecule has 2 aromatic rings. The predicted molar refractivity (Wildman–Crippen MR) is 77.0 cm³/mol. The van der Waals surface area contributed by atoms with Gasteiger partial charge in [0.25, 0.3) is 0 Å². The highest BCUT2D eigenvalue weighted by Gasteiger charge is 2.14. The van der Waals surface area contributed by atoms with Crippen molar-refractivity contribution in [3.05, 3.63) is 40.6 Å². The van der Waals surface area contributed by atoms with E-state index in [-0.39, 0.29) is 5.54 Å². The zero-order valence-corrected chi connectivity index (χ0v) is 12.3. The first-order valence-electron chi connectivity index (χ1n) is 6.25. The van der Waals surface area contributed by atoms with Crippen LogP contribution < -0.4 is 5.32 Å². The van der Waals surface area contributed by atoms with Crippen molar-refractivity contribution in [2.75, 3.05) is 0 Å². The van der Waals surface area contributed by atoms with Gasteiger partial charge in [-0.2, -0.15) is 11.3 Å². The molecule has 0 spiro atoms. The summed E-state index contributed by atoms with van der Waals surface area (Å²) in [5, 5.41) is 7.83. The summed E-state index contributed by atoms with van der Waals surface area (Å²) in [4.78, 5) is 4.28. The van der Waals surface area contributed by atoms with Crippen LogP contribution in [0.5, 0.6) is 0 Å². The van der Waals surface area contributed by atoms with Crippen molar-refractivity contribution in [1.29, 1.82) is 0 Å². The largest absolute Gasteiger partial charge is 0.326 e. The Labute approximate surface area is 113 Å². The molecule has 2 aromatic heterocycles. The third-order valence-corrected chi connectivity index (χ3v) is 3.69. The third kappa shape index (κ3) is 3.21. The van der Waals surface area contributed by atoms with Crippen LogP contribution in [0, 0.1) is 0 Å². The summed E-state index contributed by atoms with van der Waals surface area (Å²) in [5.74, 6) is 0. The van der Waals surface area contributed by atoms with Gasteiger partial charge in [-0.25, -0.2) is 4.98 Å². The van der Waals surface area contributed by atoms with E-state index in [1.54, 1.807) is 11.3 Å². The Morgan fingerprint density at radius 3 is 2.83 bits per heavy atom. The Balaban J connectivity index is 2.13. The molecular weight excluding hydrogens is 242 g/mol. The van der Waals surface area contributed by atoms with Gasteiger partial charge in [-0.1, -0.05) is 0 Å². The number of hydrogen-bond acceptors (Lipinski definition) is 3. The zero-order valence-electron chi connectivity index (χ0n) is 11.5. The number of nitrogens with zero attached hydrogens (tertiary/aromatic N) is 2. The lowest BCUT2D eigenvalue weighted by Gasteiger charge is -2.22. The van der Waals surface area contributed by atoms with Gasteiger partial charge < -0.3 is 9.88 Å². The van der Waals surface area contributed by atoms with Gasteiger partial charge in [-0.05, 0) is 50.1 Å². The molecule has 4 heteroatoms. The Hall–Kier alpha value is -1.13. The molecule has 0 saturated carbocycles. The van der Waals surface area contributed by atoms with Crippen LogP contribution in [0.3, 0.4) is 0 Å². The maximum atomic E-state index is 4.28. The van der Waals surface area contributed by atoms with E-state index in [4.69, 9.17) is 0 Å². The predicted octanol–water partition coefficient (Wildman–Crippen LogP) is 3.44. The highest BCUT2D eigenvalue weighted by atomic mass is 32.1. The maximum absolute atomic E-state index is 4.28. The summed E-state index contributed by atoms with van der Waals surface area (Å²) >= 11 is 1.74. The van der Waals surface area contributed by atoms with Gasteiger partial charge in [0.15, 0.2) is 0 Å². The first-order chi connectivity index (χ1) is 8.47. The van der Waals surface area contributed by atoms with Crippen molar-refractivity contribution in [2.45, 2.75) is 45.8 Å². The van der Waals surface area contributed by atoms with Crippen molar-refractivity contribution in [2.24, 2.45) is 0 Å². The number of hydrogen-bond donors (Lipinski definition) is 1. The molecule has 18 heavy (non-hydrogen) atoms. The van der Waals surface area contributed by atoms with Crippen molar-refractivity contribution in [1.82, 2.24) is 14.9 Å². The van der Waals surface area contributed by atoms with Gasteiger partial charge in [0.2, 0.25) is 0 Å². The van der Waals surface area contributed by atoms with Gasteiger partial charge in [0, 0.05) is 18.3 Å². The molecule has 0 fully saturated rings. The summed E-state index contributed by atoms with van der Waals surface area (Å²) in [5.41, 5.74) is 2.69. The van der Waals surface area contributed by atoms with E-state index < -0.39 is 0 Å². The second-order valence-corrected chi connectivity index (χ2v) is 6.41. The maximum Gasteiger partial charge on any atom is 0.0954 e. The molecule has 98 valence electrons. The van der Waals surface area contributed by atoms with Crippen LogP contribution in [0.2, 0.25) is 0 Å². The topological polar surface area (TPSA) is 29.9 Å². The van der Waals surface area contributed by atoms with E-state index in [9.17, 15) is 0 Å². The monoisotopic (exact) mass is 263 g/mol. The molecule has 0 aliphatic heterocycles. The summed E-state index contributed by atoms with van der Waals surface area (Å²) in [7, 11) is 0. The van der Waals surface area contributed by atoms with Crippen molar-refractivity contribution in [3.8, 4) is 0 Å². The molecule has 0 bridgehead atoms. The minimum atomic E-state index is 0.126. The van der Waals surface area contributed by atoms with Gasteiger partial charge in [-0.15, -0.1) is 0 Å². The SMILES string of the molecule is CC(c1ccsc1)n1cncc1CNC(C)(C)C. The first-order valence-corrected chi connectivity index (χ1v) is 7.19. The van der Waals surface area contributed by atoms with E-state index in [0.717, 1.165) is 6.54 Å². The normalized spacial score (nSPS) is 13.8. The summed E-state index contributed by atoms with van der Waals surface area (Å²) < 4.78 is 2.24. The molecule has 0 aliphatic rings. The number of imidazole rings is 1. The summed E-state index contributed by atoms with van der Waals surface area (Å²) in [6.07, 6.45) is 3.86. The smallest absolute Gasteiger partial charge is 0.0954 e. The van der Waals surface area contributed by atoms with Crippen molar-refractivity contribution >= 4 is 11.3 Å². The lowest BCUT2D eigenvalue weighted by atomic mass is 10.1. The Kier molecular flexibility index (Phi) is 3.88. The molecule has 3 nitrogen and oxygen atoms in total. The van der Waals surface area contributed by atoms with E-state index >= 15 is 0 Å². The van der Waals surface area contributed by atoms with Crippen LogP contribution in [0.1, 0.15) is 45.0 Å². The Bertz CT molecular complexity index is 479. The number of nitrogens with one attached hydrogen (secondary N) is 1. The van der Waals surface area contributed by atoms with Crippen LogP contribution in [-0.4, -0.2) is 15.1 Å². The van der Waals surface area contributed by atoms with Crippen LogP contribution in [-0.2, 0) is 6.54 Å². The average molecular weight is 263 g/mol. The lowest BCUT2D eigenvalue weighted by molar-refractivity contribution is 0.413. The molecule has 0 saturated heterocycles. The standard InChI is InChI=1S/C14H21N3S/c1-11(12-5-6-18-9-12)17-10-15-7-13(17)8-16-14(2,3)4/h5-7,9-11,16H,8H2,1-4H3. The van der Waals surface area contributed by atoms with Gasteiger partial charge in [-0.3, -0.25) is 0 Å². The molecule has 1 N–H and O–H groups in total. The van der Waals surface area contributed by atoms with Gasteiger partial charge >= 0.3 is 0 Å². The number of aromatic nitrogens is 2. The number of thiophene rings is 1. The van der Waals surface area contributed by atoms with Crippen molar-refractivity contribution in [3.63, 3.8) is 0 Å². The fraction of sp³-hybridized carbons (Fsp3) is 0.500. The summed E-state index contributed by atoms with van der Waals surface area (Å²) in [6, 6.07) is 2.52. The fourth-order valence-corrected chi connectivity index (χ4v) is 2.59. The van der Waals surface area contributed by atoms with Crippen molar-refractivity contribution < 1.29 is 0 Å². The van der Waals surface area contributed by atoms with Crippen LogP contribution in [0.15, 0.2) is 29.4 Å². The lowest BCUT2D eigenvalue weighted by Crippen LogP contribution is -2.35. The minimum absolute atomic E-state index is 0.126. The van der Waals surface area contributed by atoms with Crippen LogP contribution in [0.25, 0.3) is 0 Å². The number of rotatable bonds is 4. The fourth-order valence-electron chi connectivity index (χ4n) is 1.85. The Morgan fingerprint density at radius 2 is 2.22 bits per heavy atom. The zero-order chi connectivity index (χ0) is 13.2. The summed E-state index contributed by atoms with van der Waals surface area (Å²) in [6.45, 7) is 9.59. The quantitative estimate of drug-likeness (QED) is 0.915. The molecule has 0 amide bonds. The molecule has 1 unspecified atom stereocenters. The van der Waals surface area contributed by atoms with Crippen LogP contribution >= 0.6 is 11.3 Å². The molecule has 1 atom stereocenters. The minimum Gasteiger partial charge on any atom is -0.326 e. The molecular formula is C14H21N3S. The second-order valence-electron chi connectivity index (χ2n) is 5.63. The molecule has 0 aromatic carbocycles. The first kappa shape index (κ1) is 13.3. The average Bonchev–Trinajstić information content (AvgIpc) is 2.95. The highest BCUT2D eigenvalue weighted by molar-refractivity contribution is 7.07. The molecule has 2 rings (SSSR count). The highest BCUT2D eigenvalue weighted by Crippen LogP contribution is 2.22. The van der Waals surface area contributed by atoms with E-state index in [2.05, 4.69) is 59.4 Å². The van der Waals surface area contributed by atoms with Gasteiger partial charge in [0.05, 0.1) is 18.1 Å². The third-order valence-electron chi connectivity index (χ3n) is 2.99. The second kappa shape index (κ2) is 5.24. The van der Waals surface area contributed by atoms with E-state index in [1.165, 1.54) is 11.3 Å². The van der Waals surface area contributed by atoms with E-state index in [0.29, 0.717) is 6.04 Å². The molecule has 0 radical (unpaired) electrons. The molecule has 2 heterocycles. The van der Waals surface area contributed by atoms with Crippen LogP contribution in [0.4, 0.5) is 0 Å². The van der Waals surface area contributed by atoms with Gasteiger partial charge in [0.1, 0.15) is 0 Å².